The predicted octanol–water partition coefficient (Wildman–Crippen LogP) is 2.96. The van der Waals surface area contributed by atoms with Crippen molar-refractivity contribution in [3.05, 3.63) is 89.5 Å². The van der Waals surface area contributed by atoms with Gasteiger partial charge in [0.1, 0.15) is 0 Å². The average Bonchev–Trinajstić information content (AvgIpc) is 3.15. The second-order valence-electron chi connectivity index (χ2n) is 8.32. The molecule has 0 spiro atoms. The van der Waals surface area contributed by atoms with Gasteiger partial charge in [-0.25, -0.2) is 22.0 Å². The number of nitrogens with zero attached hydrogens (tertiary/aromatic N) is 1. The number of rotatable bonds is 6. The number of amides is 1. The SMILES string of the molecule is C[C@@H]1Cc2ccccc2N1S(=O)(=O)c1cccc(C(=O)N[C@H](C)c2ccc(S(N)(=O)=O)cc2)c1. The van der Waals surface area contributed by atoms with E-state index < -0.39 is 32.0 Å². The van der Waals surface area contributed by atoms with Crippen molar-refractivity contribution in [3.63, 3.8) is 0 Å². The Morgan fingerprint density at radius 2 is 1.65 bits per heavy atom. The van der Waals surface area contributed by atoms with Crippen LogP contribution in [0.25, 0.3) is 0 Å². The largest absolute Gasteiger partial charge is 0.346 e. The fraction of sp³-hybridized carbons (Fsp3) is 0.208. The molecule has 0 aliphatic carbocycles. The summed E-state index contributed by atoms with van der Waals surface area (Å²) in [6.45, 7) is 3.60. The number of fused-ring (bicyclic) bond motifs is 1. The molecule has 34 heavy (non-hydrogen) atoms. The second-order valence-corrected chi connectivity index (χ2v) is 11.7. The number of hydrogen-bond donors (Lipinski definition) is 2. The van der Waals surface area contributed by atoms with E-state index in [4.69, 9.17) is 5.14 Å². The minimum absolute atomic E-state index is 0.0228. The summed E-state index contributed by atoms with van der Waals surface area (Å²) in [6, 6.07) is 18.5. The number of carbonyl (C=O) groups excluding carboxylic acids is 1. The van der Waals surface area contributed by atoms with Gasteiger partial charge in [-0.2, -0.15) is 0 Å². The van der Waals surface area contributed by atoms with Crippen molar-refractivity contribution >= 4 is 31.6 Å². The lowest BCUT2D eigenvalue weighted by molar-refractivity contribution is 0.0939. The highest BCUT2D eigenvalue weighted by molar-refractivity contribution is 7.93. The zero-order chi connectivity index (χ0) is 24.7. The molecule has 4 rings (SSSR count). The van der Waals surface area contributed by atoms with Gasteiger partial charge in [0.25, 0.3) is 15.9 Å². The monoisotopic (exact) mass is 499 g/mol. The summed E-state index contributed by atoms with van der Waals surface area (Å²) in [5.74, 6) is -0.449. The molecule has 178 valence electrons. The second kappa shape index (κ2) is 8.86. The molecule has 0 bridgehead atoms. The third-order valence-electron chi connectivity index (χ3n) is 5.85. The number of carbonyl (C=O) groups is 1. The first-order valence-electron chi connectivity index (χ1n) is 10.6. The number of para-hydroxylation sites is 1. The van der Waals surface area contributed by atoms with Crippen LogP contribution in [0.15, 0.2) is 82.6 Å². The van der Waals surface area contributed by atoms with Crippen molar-refractivity contribution in [2.24, 2.45) is 5.14 Å². The number of hydrogen-bond acceptors (Lipinski definition) is 5. The van der Waals surface area contributed by atoms with Gasteiger partial charge in [0.15, 0.2) is 0 Å². The van der Waals surface area contributed by atoms with E-state index in [0.717, 1.165) is 5.56 Å². The fourth-order valence-electron chi connectivity index (χ4n) is 4.12. The zero-order valence-electron chi connectivity index (χ0n) is 18.7. The summed E-state index contributed by atoms with van der Waals surface area (Å²) in [4.78, 5) is 12.9. The maximum absolute atomic E-state index is 13.5. The Hall–Kier alpha value is -3.21. The summed E-state index contributed by atoms with van der Waals surface area (Å²) < 4.78 is 51.2. The molecule has 1 amide bonds. The van der Waals surface area contributed by atoms with Crippen LogP contribution in [0.4, 0.5) is 5.69 Å². The lowest BCUT2D eigenvalue weighted by Gasteiger charge is -2.24. The predicted molar refractivity (Wildman–Crippen MR) is 129 cm³/mol. The van der Waals surface area contributed by atoms with E-state index in [0.29, 0.717) is 17.7 Å². The number of nitrogens with two attached hydrogens (primary N) is 1. The van der Waals surface area contributed by atoms with Crippen molar-refractivity contribution in [3.8, 4) is 0 Å². The highest BCUT2D eigenvalue weighted by Crippen LogP contribution is 2.36. The Bertz CT molecular complexity index is 1450. The highest BCUT2D eigenvalue weighted by atomic mass is 32.2. The van der Waals surface area contributed by atoms with Gasteiger partial charge in [0.05, 0.1) is 21.5 Å². The van der Waals surface area contributed by atoms with Gasteiger partial charge in [0.2, 0.25) is 10.0 Å². The van der Waals surface area contributed by atoms with Crippen molar-refractivity contribution in [2.75, 3.05) is 4.31 Å². The van der Waals surface area contributed by atoms with Gasteiger partial charge in [-0.15, -0.1) is 0 Å². The van der Waals surface area contributed by atoms with E-state index in [9.17, 15) is 21.6 Å². The van der Waals surface area contributed by atoms with Crippen molar-refractivity contribution < 1.29 is 21.6 Å². The van der Waals surface area contributed by atoms with Gasteiger partial charge in [0, 0.05) is 11.6 Å². The van der Waals surface area contributed by atoms with Crippen LogP contribution in [-0.4, -0.2) is 28.8 Å². The first-order chi connectivity index (χ1) is 16.0. The Morgan fingerprint density at radius 1 is 0.971 bits per heavy atom. The molecule has 0 fully saturated rings. The van der Waals surface area contributed by atoms with Crippen molar-refractivity contribution in [1.82, 2.24) is 5.32 Å². The van der Waals surface area contributed by atoms with Crippen LogP contribution in [0.3, 0.4) is 0 Å². The van der Waals surface area contributed by atoms with Crippen LogP contribution in [-0.2, 0) is 26.5 Å². The number of anilines is 1. The molecule has 0 saturated heterocycles. The van der Waals surface area contributed by atoms with Crippen LogP contribution >= 0.6 is 0 Å². The number of nitrogens with one attached hydrogen (secondary N) is 1. The van der Waals surface area contributed by atoms with Crippen LogP contribution in [0.5, 0.6) is 0 Å². The van der Waals surface area contributed by atoms with Gasteiger partial charge in [-0.05, 0) is 67.8 Å². The van der Waals surface area contributed by atoms with E-state index in [1.54, 1.807) is 43.3 Å². The first-order valence-corrected chi connectivity index (χ1v) is 13.6. The molecule has 0 aromatic heterocycles. The molecule has 8 nitrogen and oxygen atoms in total. The van der Waals surface area contributed by atoms with E-state index in [-0.39, 0.29) is 21.4 Å². The summed E-state index contributed by atoms with van der Waals surface area (Å²) in [5, 5.41) is 7.93. The minimum atomic E-state index is -3.87. The van der Waals surface area contributed by atoms with Crippen LogP contribution in [0, 0.1) is 0 Å². The fourth-order valence-corrected chi connectivity index (χ4v) is 6.38. The number of benzene rings is 3. The molecular weight excluding hydrogens is 474 g/mol. The maximum Gasteiger partial charge on any atom is 0.264 e. The average molecular weight is 500 g/mol. The molecule has 2 atom stereocenters. The molecule has 0 radical (unpaired) electrons. The van der Waals surface area contributed by atoms with Gasteiger partial charge in [-0.3, -0.25) is 9.10 Å². The zero-order valence-corrected chi connectivity index (χ0v) is 20.3. The molecular formula is C24H25N3O5S2. The van der Waals surface area contributed by atoms with E-state index >= 15 is 0 Å². The first kappa shape index (κ1) is 23.9. The molecule has 1 aliphatic heterocycles. The highest BCUT2D eigenvalue weighted by Gasteiger charge is 2.36. The van der Waals surface area contributed by atoms with Crippen molar-refractivity contribution in [2.45, 2.75) is 42.1 Å². The Kier molecular flexibility index (Phi) is 6.24. The lowest BCUT2D eigenvalue weighted by atomic mass is 10.1. The molecule has 1 aliphatic rings. The molecule has 3 aromatic rings. The van der Waals surface area contributed by atoms with Crippen LogP contribution < -0.4 is 14.8 Å². The summed E-state index contributed by atoms with van der Waals surface area (Å²) >= 11 is 0. The van der Waals surface area contributed by atoms with Gasteiger partial charge in [-0.1, -0.05) is 36.4 Å². The van der Waals surface area contributed by atoms with Gasteiger partial charge >= 0.3 is 0 Å². The third-order valence-corrected chi connectivity index (χ3v) is 8.71. The quantitative estimate of drug-likeness (QED) is 0.539. The third kappa shape index (κ3) is 4.56. The normalized spacial score (nSPS) is 16.7. The van der Waals surface area contributed by atoms with Crippen LogP contribution in [0.2, 0.25) is 0 Å². The molecule has 1 heterocycles. The van der Waals surface area contributed by atoms with E-state index in [1.807, 2.05) is 19.1 Å². The Balaban J connectivity index is 1.56. The minimum Gasteiger partial charge on any atom is -0.346 e. The molecule has 0 unspecified atom stereocenters. The molecule has 3 aromatic carbocycles. The number of primary sulfonamides is 1. The molecule has 3 N–H and O–H groups in total. The maximum atomic E-state index is 13.5. The van der Waals surface area contributed by atoms with Crippen molar-refractivity contribution in [1.29, 1.82) is 0 Å². The Morgan fingerprint density at radius 3 is 2.32 bits per heavy atom. The number of sulfonamides is 2. The van der Waals surface area contributed by atoms with Crippen LogP contribution in [0.1, 0.15) is 41.4 Å². The van der Waals surface area contributed by atoms with E-state index in [1.165, 1.54) is 28.6 Å². The molecule has 0 saturated carbocycles. The molecule has 10 heteroatoms. The summed E-state index contributed by atoms with van der Waals surface area (Å²) in [7, 11) is -7.68. The summed E-state index contributed by atoms with van der Waals surface area (Å²) in [6.07, 6.45) is 0.622. The lowest BCUT2D eigenvalue weighted by Crippen LogP contribution is -2.36. The standard InChI is InChI=1S/C24H25N3O5S2/c1-16-14-19-6-3-4-9-23(19)27(16)34(31,32)22-8-5-7-20(15-22)24(28)26-17(2)18-10-12-21(13-11-18)33(25,29)30/h3-13,15-17H,14H2,1-2H3,(H,26,28)(H2,25,29,30)/t16-,17-/m1/s1. The van der Waals surface area contributed by atoms with Gasteiger partial charge < -0.3 is 5.32 Å². The summed E-state index contributed by atoms with van der Waals surface area (Å²) in [5.41, 5.74) is 2.50. The smallest absolute Gasteiger partial charge is 0.264 e. The topological polar surface area (TPSA) is 127 Å². The van der Waals surface area contributed by atoms with E-state index in [2.05, 4.69) is 5.32 Å². The Labute approximate surface area is 199 Å².